The number of nitrogens with one attached hydrogen (secondary N) is 1. The molecule has 0 bridgehead atoms. The lowest BCUT2D eigenvalue weighted by Gasteiger charge is -2.24. The Labute approximate surface area is 116 Å². The summed E-state index contributed by atoms with van der Waals surface area (Å²) in [5.74, 6) is -1.05. The number of benzene rings is 1. The fourth-order valence-corrected chi connectivity index (χ4v) is 1.95. The number of para-hydroxylation sites is 1. The van der Waals surface area contributed by atoms with Gasteiger partial charge in [-0.2, -0.15) is 8.78 Å². The van der Waals surface area contributed by atoms with Crippen molar-refractivity contribution in [1.29, 1.82) is 0 Å². The lowest BCUT2D eigenvalue weighted by molar-refractivity contribution is -0.140. The van der Waals surface area contributed by atoms with Crippen LogP contribution in [0, 0.1) is 5.92 Å². The van der Waals surface area contributed by atoms with Crippen molar-refractivity contribution in [1.82, 2.24) is 5.32 Å². The molecule has 0 aliphatic heterocycles. The molecule has 4 nitrogen and oxygen atoms in total. The van der Waals surface area contributed by atoms with Gasteiger partial charge in [-0.25, -0.2) is 0 Å². The van der Waals surface area contributed by atoms with E-state index in [1.807, 2.05) is 0 Å². The monoisotopic (exact) mass is 287 g/mol. The molecule has 112 valence electrons. The number of carboxylic acid groups (broad SMARTS) is 1. The second kappa shape index (κ2) is 7.19. The van der Waals surface area contributed by atoms with E-state index in [2.05, 4.69) is 10.1 Å². The highest BCUT2D eigenvalue weighted by Gasteiger charge is 2.25. The third kappa shape index (κ3) is 4.45. The van der Waals surface area contributed by atoms with Gasteiger partial charge in [0, 0.05) is 11.6 Å². The summed E-state index contributed by atoms with van der Waals surface area (Å²) >= 11 is 0. The molecule has 2 unspecified atom stereocenters. The molecule has 0 aromatic heterocycles. The van der Waals surface area contributed by atoms with E-state index in [1.165, 1.54) is 6.07 Å². The Morgan fingerprint density at radius 1 is 1.25 bits per heavy atom. The molecule has 0 heterocycles. The van der Waals surface area contributed by atoms with Crippen LogP contribution in [0.4, 0.5) is 8.78 Å². The lowest BCUT2D eigenvalue weighted by atomic mass is 10.0. The minimum Gasteiger partial charge on any atom is -0.480 e. The molecule has 0 aliphatic rings. The number of hydrogen-bond acceptors (Lipinski definition) is 3. The molecule has 0 saturated heterocycles. The van der Waals surface area contributed by atoms with E-state index in [0.717, 1.165) is 0 Å². The second-order valence-corrected chi connectivity index (χ2v) is 4.86. The maximum Gasteiger partial charge on any atom is 0.387 e. The van der Waals surface area contributed by atoms with Gasteiger partial charge in [0.1, 0.15) is 11.8 Å². The maximum atomic E-state index is 12.3. The third-order valence-electron chi connectivity index (χ3n) is 2.96. The van der Waals surface area contributed by atoms with Gasteiger partial charge in [0.05, 0.1) is 0 Å². The van der Waals surface area contributed by atoms with Crippen LogP contribution in [0.25, 0.3) is 0 Å². The van der Waals surface area contributed by atoms with Crippen LogP contribution in [0.5, 0.6) is 5.75 Å². The average Bonchev–Trinajstić information content (AvgIpc) is 2.34. The number of aliphatic carboxylic acids is 1. The van der Waals surface area contributed by atoms with Crippen molar-refractivity contribution < 1.29 is 23.4 Å². The van der Waals surface area contributed by atoms with Crippen molar-refractivity contribution >= 4 is 5.97 Å². The van der Waals surface area contributed by atoms with Crippen molar-refractivity contribution in [2.45, 2.75) is 39.5 Å². The van der Waals surface area contributed by atoms with Crippen LogP contribution in [0.1, 0.15) is 32.4 Å². The van der Waals surface area contributed by atoms with Crippen molar-refractivity contribution in [2.24, 2.45) is 5.92 Å². The first-order valence-corrected chi connectivity index (χ1v) is 6.35. The number of alkyl halides is 2. The number of hydrogen-bond donors (Lipinski definition) is 2. The van der Waals surface area contributed by atoms with Crippen LogP contribution in [0.2, 0.25) is 0 Å². The molecular formula is C14H19F2NO3. The molecule has 0 spiro atoms. The summed E-state index contributed by atoms with van der Waals surface area (Å²) in [6.45, 7) is 2.36. The Kier molecular flexibility index (Phi) is 5.88. The molecule has 1 rings (SSSR count). The fourth-order valence-electron chi connectivity index (χ4n) is 1.95. The number of carbonyl (C=O) groups is 1. The molecule has 2 atom stereocenters. The smallest absolute Gasteiger partial charge is 0.387 e. The average molecular weight is 287 g/mol. The van der Waals surface area contributed by atoms with Crippen LogP contribution in [0.15, 0.2) is 24.3 Å². The predicted molar refractivity (Wildman–Crippen MR) is 70.9 cm³/mol. The number of carboxylic acids is 1. The van der Waals surface area contributed by atoms with E-state index in [1.54, 1.807) is 39.0 Å². The van der Waals surface area contributed by atoms with Gasteiger partial charge in [0.25, 0.3) is 0 Å². The number of halogens is 2. The maximum absolute atomic E-state index is 12.3. The predicted octanol–water partition coefficient (Wildman–Crippen LogP) is 3.05. The molecule has 0 aliphatic carbocycles. The van der Waals surface area contributed by atoms with Gasteiger partial charge in [-0.3, -0.25) is 10.1 Å². The third-order valence-corrected chi connectivity index (χ3v) is 2.96. The first-order valence-electron chi connectivity index (χ1n) is 6.35. The van der Waals surface area contributed by atoms with Gasteiger partial charge < -0.3 is 9.84 Å². The molecule has 0 fully saturated rings. The van der Waals surface area contributed by atoms with Gasteiger partial charge >= 0.3 is 12.6 Å². The molecule has 6 heteroatoms. The SMILES string of the molecule is CC(NC(C(=O)O)C(C)C)c1ccccc1OC(F)F. The molecule has 1 aromatic carbocycles. The zero-order valence-electron chi connectivity index (χ0n) is 11.6. The van der Waals surface area contributed by atoms with E-state index in [-0.39, 0.29) is 11.7 Å². The molecule has 0 radical (unpaired) electrons. The van der Waals surface area contributed by atoms with Crippen LogP contribution in [-0.2, 0) is 4.79 Å². The highest BCUT2D eigenvalue weighted by Crippen LogP contribution is 2.27. The summed E-state index contributed by atoms with van der Waals surface area (Å²) in [5, 5.41) is 12.1. The summed E-state index contributed by atoms with van der Waals surface area (Å²) in [5.41, 5.74) is 0.500. The van der Waals surface area contributed by atoms with E-state index in [0.29, 0.717) is 5.56 Å². The molecule has 2 N–H and O–H groups in total. The summed E-state index contributed by atoms with van der Waals surface area (Å²) < 4.78 is 29.1. The van der Waals surface area contributed by atoms with Crippen LogP contribution >= 0.6 is 0 Å². The first-order chi connectivity index (χ1) is 9.32. The Morgan fingerprint density at radius 3 is 2.35 bits per heavy atom. The van der Waals surface area contributed by atoms with E-state index >= 15 is 0 Å². The van der Waals surface area contributed by atoms with Crippen molar-refractivity contribution in [3.8, 4) is 5.75 Å². The van der Waals surface area contributed by atoms with Gasteiger partial charge in [-0.05, 0) is 18.9 Å². The van der Waals surface area contributed by atoms with Gasteiger partial charge in [-0.15, -0.1) is 0 Å². The van der Waals surface area contributed by atoms with Gasteiger partial charge in [0.2, 0.25) is 0 Å². The summed E-state index contributed by atoms with van der Waals surface area (Å²) in [7, 11) is 0. The molecule has 0 amide bonds. The molecule has 0 saturated carbocycles. The van der Waals surface area contributed by atoms with E-state index in [9.17, 15) is 13.6 Å². The minimum atomic E-state index is -2.91. The Morgan fingerprint density at radius 2 is 1.85 bits per heavy atom. The van der Waals surface area contributed by atoms with Crippen LogP contribution in [-0.4, -0.2) is 23.7 Å². The highest BCUT2D eigenvalue weighted by molar-refractivity contribution is 5.73. The van der Waals surface area contributed by atoms with E-state index in [4.69, 9.17) is 5.11 Å². The van der Waals surface area contributed by atoms with Gasteiger partial charge in [-0.1, -0.05) is 32.0 Å². The number of rotatable bonds is 7. The Balaban J connectivity index is 2.91. The molecular weight excluding hydrogens is 268 g/mol. The van der Waals surface area contributed by atoms with E-state index < -0.39 is 24.7 Å². The second-order valence-electron chi connectivity index (χ2n) is 4.86. The summed E-state index contributed by atoms with van der Waals surface area (Å²) in [6.07, 6.45) is 0. The summed E-state index contributed by atoms with van der Waals surface area (Å²) in [6, 6.07) is 5.17. The topological polar surface area (TPSA) is 58.6 Å². The van der Waals surface area contributed by atoms with Crippen molar-refractivity contribution in [3.63, 3.8) is 0 Å². The molecule has 1 aromatic rings. The molecule has 20 heavy (non-hydrogen) atoms. The van der Waals surface area contributed by atoms with Gasteiger partial charge in [0.15, 0.2) is 0 Å². The summed E-state index contributed by atoms with van der Waals surface area (Å²) in [4.78, 5) is 11.2. The normalized spacial score (nSPS) is 14.3. The zero-order chi connectivity index (χ0) is 15.3. The van der Waals surface area contributed by atoms with Crippen LogP contribution < -0.4 is 10.1 Å². The van der Waals surface area contributed by atoms with Crippen molar-refractivity contribution in [3.05, 3.63) is 29.8 Å². The van der Waals surface area contributed by atoms with Crippen molar-refractivity contribution in [2.75, 3.05) is 0 Å². The van der Waals surface area contributed by atoms with Crippen LogP contribution in [0.3, 0.4) is 0 Å². The number of ether oxygens (including phenoxy) is 1. The standard InChI is InChI=1S/C14H19F2NO3/c1-8(2)12(13(18)19)17-9(3)10-6-4-5-7-11(10)20-14(15)16/h4-9,12,14,17H,1-3H3,(H,18,19). The largest absolute Gasteiger partial charge is 0.480 e. The Hall–Kier alpha value is -1.69. The minimum absolute atomic E-state index is 0.0513. The lowest BCUT2D eigenvalue weighted by Crippen LogP contribution is -2.42. The quantitative estimate of drug-likeness (QED) is 0.809. The fraction of sp³-hybridized carbons (Fsp3) is 0.500. The first kappa shape index (κ1) is 16.4. The zero-order valence-corrected chi connectivity index (χ0v) is 11.6. The Bertz CT molecular complexity index is 452. The highest BCUT2D eigenvalue weighted by atomic mass is 19.3.